The van der Waals surface area contributed by atoms with E-state index in [1.807, 2.05) is 37.3 Å². The molecule has 0 spiro atoms. The van der Waals surface area contributed by atoms with Crippen molar-refractivity contribution in [1.82, 2.24) is 5.32 Å². The second-order valence-electron chi connectivity index (χ2n) is 5.93. The molecule has 2 aromatic rings. The first-order valence-corrected chi connectivity index (χ1v) is 8.41. The lowest BCUT2D eigenvalue weighted by Crippen LogP contribution is -2.38. The van der Waals surface area contributed by atoms with E-state index >= 15 is 0 Å². The fourth-order valence-corrected chi connectivity index (χ4v) is 2.52. The molecule has 0 saturated heterocycles. The van der Waals surface area contributed by atoms with Crippen LogP contribution in [0.2, 0.25) is 0 Å². The first-order valence-electron chi connectivity index (χ1n) is 8.41. The lowest BCUT2D eigenvalue weighted by molar-refractivity contribution is -0.129. The Kier molecular flexibility index (Phi) is 6.83. The van der Waals surface area contributed by atoms with Crippen molar-refractivity contribution in [3.8, 4) is 0 Å². The summed E-state index contributed by atoms with van der Waals surface area (Å²) in [6.45, 7) is 3.81. The van der Waals surface area contributed by atoms with Gasteiger partial charge in [-0.05, 0) is 31.0 Å². The third-order valence-electron chi connectivity index (χ3n) is 4.09. The lowest BCUT2D eigenvalue weighted by Gasteiger charge is -2.18. The van der Waals surface area contributed by atoms with Crippen molar-refractivity contribution in [2.45, 2.75) is 32.3 Å². The van der Waals surface area contributed by atoms with Crippen molar-refractivity contribution >= 4 is 11.9 Å². The second kappa shape index (κ2) is 9.08. The van der Waals surface area contributed by atoms with Crippen LogP contribution in [-0.4, -0.2) is 24.5 Å². The summed E-state index contributed by atoms with van der Waals surface area (Å²) >= 11 is 0. The van der Waals surface area contributed by atoms with Gasteiger partial charge in [0.15, 0.2) is 6.10 Å². The molecule has 26 heavy (non-hydrogen) atoms. The summed E-state index contributed by atoms with van der Waals surface area (Å²) in [5.41, 5.74) is 0.690. The number of esters is 1. The van der Waals surface area contributed by atoms with Crippen LogP contribution in [0.4, 0.5) is 8.78 Å². The summed E-state index contributed by atoms with van der Waals surface area (Å²) in [6.07, 6.45) is -0.264. The molecular formula is C20H21F2NO3. The molecule has 138 valence electrons. The van der Waals surface area contributed by atoms with E-state index in [1.54, 1.807) is 0 Å². The zero-order chi connectivity index (χ0) is 19.1. The first-order chi connectivity index (χ1) is 12.4. The number of carbonyl (C=O) groups excluding carboxylic acids is 2. The molecule has 0 heterocycles. The predicted molar refractivity (Wildman–Crippen MR) is 93.7 cm³/mol. The van der Waals surface area contributed by atoms with Gasteiger partial charge in [0.25, 0.3) is 5.91 Å². The number of hydrogen-bond donors (Lipinski definition) is 1. The smallest absolute Gasteiger partial charge is 0.341 e. The van der Waals surface area contributed by atoms with Crippen LogP contribution in [0.15, 0.2) is 48.5 Å². The monoisotopic (exact) mass is 361 g/mol. The highest BCUT2D eigenvalue weighted by Crippen LogP contribution is 2.18. The molecule has 4 nitrogen and oxygen atoms in total. The number of halogens is 2. The third kappa shape index (κ3) is 5.12. The van der Waals surface area contributed by atoms with E-state index in [2.05, 4.69) is 5.32 Å². The van der Waals surface area contributed by atoms with Crippen molar-refractivity contribution in [1.29, 1.82) is 0 Å². The van der Waals surface area contributed by atoms with Gasteiger partial charge in [0.1, 0.15) is 11.6 Å². The molecule has 0 saturated carbocycles. The summed E-state index contributed by atoms with van der Waals surface area (Å²) in [5, 5.41) is 2.74. The van der Waals surface area contributed by atoms with Crippen molar-refractivity contribution in [2.75, 3.05) is 6.54 Å². The van der Waals surface area contributed by atoms with E-state index in [-0.39, 0.29) is 5.92 Å². The number of carbonyl (C=O) groups is 2. The molecule has 1 N–H and O–H groups in total. The molecule has 6 heteroatoms. The molecule has 1 amide bonds. The standard InChI is InChI=1S/C20H21F2NO3/c1-3-14(15-7-5-4-6-8-15)12-23-19(24)13(2)26-20(25)17-10-9-16(21)11-18(17)22/h4-11,13-14H,3,12H2,1-2H3,(H,23,24)/t13-,14+/m0/s1. The van der Waals surface area contributed by atoms with Crippen LogP contribution < -0.4 is 5.32 Å². The van der Waals surface area contributed by atoms with Crippen molar-refractivity contribution < 1.29 is 23.1 Å². The molecule has 0 fully saturated rings. The average molecular weight is 361 g/mol. The van der Waals surface area contributed by atoms with E-state index in [0.29, 0.717) is 12.6 Å². The minimum atomic E-state index is -1.10. The maximum Gasteiger partial charge on any atom is 0.341 e. The number of hydrogen-bond acceptors (Lipinski definition) is 3. The Bertz CT molecular complexity index is 765. The van der Waals surface area contributed by atoms with E-state index in [9.17, 15) is 18.4 Å². The number of amides is 1. The summed E-state index contributed by atoms with van der Waals surface area (Å²) in [7, 11) is 0. The van der Waals surface area contributed by atoms with Crippen LogP contribution in [-0.2, 0) is 9.53 Å². The normalized spacial score (nSPS) is 12.9. The molecule has 0 unspecified atom stereocenters. The maximum atomic E-state index is 13.6. The van der Waals surface area contributed by atoms with Gasteiger partial charge in [-0.1, -0.05) is 37.3 Å². The van der Waals surface area contributed by atoms with E-state index < -0.39 is 35.2 Å². The molecule has 0 aliphatic heterocycles. The molecular weight excluding hydrogens is 340 g/mol. The highest BCUT2D eigenvalue weighted by atomic mass is 19.1. The van der Waals surface area contributed by atoms with Crippen LogP contribution in [0, 0.1) is 11.6 Å². The summed E-state index contributed by atoms with van der Waals surface area (Å²) in [6, 6.07) is 12.3. The Morgan fingerprint density at radius 1 is 1.12 bits per heavy atom. The van der Waals surface area contributed by atoms with Gasteiger partial charge < -0.3 is 10.1 Å². The second-order valence-corrected chi connectivity index (χ2v) is 5.93. The first kappa shape index (κ1) is 19.6. The van der Waals surface area contributed by atoms with Crippen LogP contribution >= 0.6 is 0 Å². The Hall–Kier alpha value is -2.76. The van der Waals surface area contributed by atoms with Crippen molar-refractivity contribution in [3.63, 3.8) is 0 Å². The van der Waals surface area contributed by atoms with Gasteiger partial charge in [-0.2, -0.15) is 0 Å². The van der Waals surface area contributed by atoms with Crippen LogP contribution in [0.25, 0.3) is 0 Å². The molecule has 2 atom stereocenters. The highest BCUT2D eigenvalue weighted by molar-refractivity contribution is 5.92. The molecule has 0 aliphatic carbocycles. The van der Waals surface area contributed by atoms with Crippen LogP contribution in [0.3, 0.4) is 0 Å². The van der Waals surface area contributed by atoms with Gasteiger partial charge in [-0.25, -0.2) is 13.6 Å². The molecule has 2 rings (SSSR count). The van der Waals surface area contributed by atoms with Crippen LogP contribution in [0.5, 0.6) is 0 Å². The minimum Gasteiger partial charge on any atom is -0.449 e. The van der Waals surface area contributed by atoms with Gasteiger partial charge in [0, 0.05) is 18.5 Å². The number of rotatable bonds is 7. The fourth-order valence-electron chi connectivity index (χ4n) is 2.52. The lowest BCUT2D eigenvalue weighted by atomic mass is 9.96. The van der Waals surface area contributed by atoms with Gasteiger partial charge >= 0.3 is 5.97 Å². The maximum absolute atomic E-state index is 13.6. The number of benzene rings is 2. The van der Waals surface area contributed by atoms with Gasteiger partial charge in [-0.15, -0.1) is 0 Å². The third-order valence-corrected chi connectivity index (χ3v) is 4.09. The van der Waals surface area contributed by atoms with E-state index in [0.717, 1.165) is 24.1 Å². The SMILES string of the molecule is CC[C@H](CNC(=O)[C@H](C)OC(=O)c1ccc(F)cc1F)c1ccccc1. The predicted octanol–water partition coefficient (Wildman–Crippen LogP) is 3.82. The molecule has 0 bridgehead atoms. The number of ether oxygens (including phenoxy) is 1. The average Bonchev–Trinajstić information content (AvgIpc) is 2.62. The van der Waals surface area contributed by atoms with Gasteiger partial charge in [-0.3, -0.25) is 4.79 Å². The Labute approximate surface area is 151 Å². The number of nitrogens with one attached hydrogen (secondary N) is 1. The Morgan fingerprint density at radius 3 is 2.42 bits per heavy atom. The van der Waals surface area contributed by atoms with Gasteiger partial charge in [0.2, 0.25) is 0 Å². The topological polar surface area (TPSA) is 55.4 Å². The largest absolute Gasteiger partial charge is 0.449 e. The summed E-state index contributed by atoms with van der Waals surface area (Å²) in [5.74, 6) is -3.18. The molecule has 2 aromatic carbocycles. The minimum absolute atomic E-state index is 0.137. The Morgan fingerprint density at radius 2 is 1.81 bits per heavy atom. The van der Waals surface area contributed by atoms with Crippen molar-refractivity contribution in [3.05, 3.63) is 71.3 Å². The molecule has 0 radical (unpaired) electrons. The van der Waals surface area contributed by atoms with Crippen LogP contribution in [0.1, 0.15) is 42.1 Å². The molecule has 0 aliphatic rings. The zero-order valence-electron chi connectivity index (χ0n) is 14.7. The summed E-state index contributed by atoms with van der Waals surface area (Å²) < 4.78 is 31.5. The molecule has 0 aromatic heterocycles. The van der Waals surface area contributed by atoms with Gasteiger partial charge in [0.05, 0.1) is 5.56 Å². The van der Waals surface area contributed by atoms with Crippen molar-refractivity contribution in [2.24, 2.45) is 0 Å². The Balaban J connectivity index is 1.91. The highest BCUT2D eigenvalue weighted by Gasteiger charge is 2.22. The fraction of sp³-hybridized carbons (Fsp3) is 0.300. The van der Waals surface area contributed by atoms with E-state index in [1.165, 1.54) is 6.92 Å². The summed E-state index contributed by atoms with van der Waals surface area (Å²) in [4.78, 5) is 24.1. The van der Waals surface area contributed by atoms with E-state index in [4.69, 9.17) is 4.74 Å². The zero-order valence-corrected chi connectivity index (χ0v) is 14.7. The quantitative estimate of drug-likeness (QED) is 0.763.